The van der Waals surface area contributed by atoms with Crippen molar-refractivity contribution in [3.63, 3.8) is 0 Å². The highest BCUT2D eigenvalue weighted by molar-refractivity contribution is 5.25. The summed E-state index contributed by atoms with van der Waals surface area (Å²) in [6, 6.07) is 6.07. The van der Waals surface area contributed by atoms with Gasteiger partial charge in [-0.05, 0) is 43.9 Å². The molecule has 0 aliphatic rings. The normalized spacial score (nSPS) is 15.2. The maximum absolute atomic E-state index is 13.4. The lowest BCUT2D eigenvalue weighted by Crippen LogP contribution is -2.33. The zero-order valence-corrected chi connectivity index (χ0v) is 10.8. The summed E-state index contributed by atoms with van der Waals surface area (Å²) in [4.78, 5) is 0. The Morgan fingerprint density at radius 1 is 1.12 bits per heavy atom. The van der Waals surface area contributed by atoms with E-state index in [1.807, 2.05) is 12.1 Å². The monoisotopic (exact) mass is 223 g/mol. The Labute approximate surface area is 98.1 Å². The Balaban J connectivity index is 2.73. The highest BCUT2D eigenvalue weighted by atomic mass is 19.1. The van der Waals surface area contributed by atoms with Crippen LogP contribution >= 0.6 is 0 Å². The predicted octanol–water partition coefficient (Wildman–Crippen LogP) is 3.83. The molecule has 0 spiro atoms. The molecule has 16 heavy (non-hydrogen) atoms. The first-order valence-electron chi connectivity index (χ1n) is 5.94. The van der Waals surface area contributed by atoms with Gasteiger partial charge in [0.1, 0.15) is 5.82 Å². The van der Waals surface area contributed by atoms with Crippen LogP contribution in [0.2, 0.25) is 0 Å². The fourth-order valence-electron chi connectivity index (χ4n) is 1.56. The number of hydrogen-bond donors (Lipinski definition) is 1. The van der Waals surface area contributed by atoms with Gasteiger partial charge in [0, 0.05) is 12.1 Å². The van der Waals surface area contributed by atoms with E-state index in [0.717, 1.165) is 5.56 Å². The average Bonchev–Trinajstić information content (AvgIpc) is 2.21. The maximum atomic E-state index is 13.4. The molecule has 0 bridgehead atoms. The fraction of sp³-hybridized carbons (Fsp3) is 0.571. The molecule has 1 aromatic rings. The molecule has 0 fully saturated rings. The highest BCUT2D eigenvalue weighted by Gasteiger charge is 2.12. The molecule has 0 aromatic heterocycles. The van der Waals surface area contributed by atoms with Gasteiger partial charge in [-0.1, -0.05) is 26.0 Å². The van der Waals surface area contributed by atoms with Gasteiger partial charge in [-0.2, -0.15) is 0 Å². The average molecular weight is 223 g/mol. The van der Waals surface area contributed by atoms with Crippen LogP contribution in [0.4, 0.5) is 4.39 Å². The number of rotatable bonds is 4. The second kappa shape index (κ2) is 5.44. The molecule has 0 saturated carbocycles. The predicted molar refractivity (Wildman–Crippen MR) is 67.0 cm³/mol. The van der Waals surface area contributed by atoms with Crippen LogP contribution < -0.4 is 5.32 Å². The Morgan fingerprint density at radius 2 is 1.75 bits per heavy atom. The van der Waals surface area contributed by atoms with Crippen LogP contribution in [0.1, 0.15) is 44.9 Å². The molecular formula is C14H22FN. The summed E-state index contributed by atoms with van der Waals surface area (Å²) in [5.74, 6) is 0.459. The van der Waals surface area contributed by atoms with Crippen LogP contribution in [0.15, 0.2) is 18.2 Å². The van der Waals surface area contributed by atoms with E-state index in [1.54, 1.807) is 13.0 Å². The Kier molecular flexibility index (Phi) is 4.48. The smallest absolute Gasteiger partial charge is 0.126 e. The van der Waals surface area contributed by atoms with E-state index >= 15 is 0 Å². The molecule has 2 atom stereocenters. The molecule has 0 saturated heterocycles. The quantitative estimate of drug-likeness (QED) is 0.818. The van der Waals surface area contributed by atoms with E-state index in [4.69, 9.17) is 0 Å². The van der Waals surface area contributed by atoms with Crippen LogP contribution in [0.25, 0.3) is 0 Å². The number of nitrogens with one attached hydrogen (secondary N) is 1. The first-order valence-corrected chi connectivity index (χ1v) is 5.94. The van der Waals surface area contributed by atoms with Gasteiger partial charge in [-0.3, -0.25) is 0 Å². The fourth-order valence-corrected chi connectivity index (χ4v) is 1.56. The summed E-state index contributed by atoms with van der Waals surface area (Å²) in [5.41, 5.74) is 1.71. The summed E-state index contributed by atoms with van der Waals surface area (Å²) in [6.07, 6.45) is 0. The summed E-state index contributed by atoms with van der Waals surface area (Å²) >= 11 is 0. The largest absolute Gasteiger partial charge is 0.307 e. The molecule has 0 radical (unpaired) electrons. The molecule has 2 heteroatoms. The molecule has 2 unspecified atom stereocenters. The molecule has 0 amide bonds. The minimum Gasteiger partial charge on any atom is -0.307 e. The van der Waals surface area contributed by atoms with Crippen molar-refractivity contribution in [2.75, 3.05) is 0 Å². The van der Waals surface area contributed by atoms with Gasteiger partial charge in [0.25, 0.3) is 0 Å². The molecule has 1 aromatic carbocycles. The third-order valence-electron chi connectivity index (χ3n) is 3.21. The Morgan fingerprint density at radius 3 is 2.25 bits per heavy atom. The van der Waals surface area contributed by atoms with Crippen LogP contribution in [-0.4, -0.2) is 6.04 Å². The van der Waals surface area contributed by atoms with Crippen molar-refractivity contribution >= 4 is 0 Å². The zero-order valence-electron chi connectivity index (χ0n) is 10.8. The van der Waals surface area contributed by atoms with E-state index in [2.05, 4.69) is 33.0 Å². The summed E-state index contributed by atoms with van der Waals surface area (Å²) < 4.78 is 13.4. The van der Waals surface area contributed by atoms with Crippen LogP contribution in [-0.2, 0) is 0 Å². The van der Waals surface area contributed by atoms with E-state index in [0.29, 0.717) is 17.5 Å². The molecule has 1 rings (SSSR count). The number of halogens is 1. The van der Waals surface area contributed by atoms with Crippen molar-refractivity contribution in [3.05, 3.63) is 35.1 Å². The summed E-state index contributed by atoms with van der Waals surface area (Å²) in [5, 5.41) is 3.48. The lowest BCUT2D eigenvalue weighted by atomic mass is 10.0. The molecule has 0 aliphatic heterocycles. The van der Waals surface area contributed by atoms with E-state index in [9.17, 15) is 4.39 Å². The van der Waals surface area contributed by atoms with Crippen molar-refractivity contribution in [1.29, 1.82) is 0 Å². The molecule has 0 heterocycles. The molecular weight excluding hydrogens is 201 g/mol. The summed E-state index contributed by atoms with van der Waals surface area (Å²) in [7, 11) is 0. The van der Waals surface area contributed by atoms with Crippen LogP contribution in [0, 0.1) is 18.7 Å². The topological polar surface area (TPSA) is 12.0 Å². The van der Waals surface area contributed by atoms with Crippen LogP contribution in [0.3, 0.4) is 0 Å². The molecule has 1 nitrogen and oxygen atoms in total. The highest BCUT2D eigenvalue weighted by Crippen LogP contribution is 2.17. The third kappa shape index (κ3) is 3.31. The standard InChI is InChI=1S/C14H22FN/c1-9(2)11(4)16-12(5)13-7-6-10(3)14(15)8-13/h6-9,11-12,16H,1-5H3. The molecule has 1 N–H and O–H groups in total. The van der Waals surface area contributed by atoms with Gasteiger partial charge < -0.3 is 5.32 Å². The van der Waals surface area contributed by atoms with E-state index < -0.39 is 0 Å². The van der Waals surface area contributed by atoms with Gasteiger partial charge in [0.2, 0.25) is 0 Å². The minimum absolute atomic E-state index is 0.122. The maximum Gasteiger partial charge on any atom is 0.126 e. The Bertz CT molecular complexity index is 347. The summed E-state index contributed by atoms with van der Waals surface area (Å²) in [6.45, 7) is 10.4. The first kappa shape index (κ1) is 13.2. The van der Waals surface area contributed by atoms with Gasteiger partial charge >= 0.3 is 0 Å². The van der Waals surface area contributed by atoms with E-state index in [-0.39, 0.29) is 11.9 Å². The van der Waals surface area contributed by atoms with Gasteiger partial charge in [-0.15, -0.1) is 0 Å². The van der Waals surface area contributed by atoms with Crippen LogP contribution in [0.5, 0.6) is 0 Å². The lowest BCUT2D eigenvalue weighted by molar-refractivity contribution is 0.388. The SMILES string of the molecule is Cc1ccc(C(C)NC(C)C(C)C)cc1F. The van der Waals surface area contributed by atoms with Crippen molar-refractivity contribution in [3.8, 4) is 0 Å². The number of aryl methyl sites for hydroxylation is 1. The van der Waals surface area contributed by atoms with Gasteiger partial charge in [0.05, 0.1) is 0 Å². The third-order valence-corrected chi connectivity index (χ3v) is 3.21. The Hall–Kier alpha value is -0.890. The number of hydrogen-bond acceptors (Lipinski definition) is 1. The molecule has 90 valence electrons. The van der Waals surface area contributed by atoms with Crippen molar-refractivity contribution in [2.24, 2.45) is 5.92 Å². The number of benzene rings is 1. The van der Waals surface area contributed by atoms with Gasteiger partial charge in [-0.25, -0.2) is 4.39 Å². The lowest BCUT2D eigenvalue weighted by Gasteiger charge is -2.23. The van der Waals surface area contributed by atoms with E-state index in [1.165, 1.54) is 0 Å². The van der Waals surface area contributed by atoms with Gasteiger partial charge in [0.15, 0.2) is 0 Å². The second-order valence-electron chi connectivity index (χ2n) is 4.93. The van der Waals surface area contributed by atoms with Crippen molar-refractivity contribution in [2.45, 2.75) is 46.7 Å². The minimum atomic E-state index is -0.122. The first-order chi connectivity index (χ1) is 7.41. The zero-order chi connectivity index (χ0) is 12.3. The van der Waals surface area contributed by atoms with Crippen molar-refractivity contribution < 1.29 is 4.39 Å². The van der Waals surface area contributed by atoms with Crippen molar-refractivity contribution in [1.82, 2.24) is 5.32 Å². The molecule has 0 aliphatic carbocycles. The second-order valence-corrected chi connectivity index (χ2v) is 4.93.